The van der Waals surface area contributed by atoms with Crippen LogP contribution >= 0.6 is 0 Å². The number of benzene rings is 2. The van der Waals surface area contributed by atoms with Gasteiger partial charge in [0.25, 0.3) is 0 Å². The lowest BCUT2D eigenvalue weighted by molar-refractivity contribution is -0.119. The van der Waals surface area contributed by atoms with E-state index in [1.165, 1.54) is 5.56 Å². The summed E-state index contributed by atoms with van der Waals surface area (Å²) in [5.74, 6) is -0.471. The number of amides is 1. The maximum absolute atomic E-state index is 13.6. The molecule has 33 heavy (non-hydrogen) atoms. The van der Waals surface area contributed by atoms with Crippen molar-refractivity contribution in [2.24, 2.45) is 5.92 Å². The maximum atomic E-state index is 13.6. The van der Waals surface area contributed by atoms with Crippen molar-refractivity contribution in [3.63, 3.8) is 0 Å². The minimum atomic E-state index is -0.395. The second-order valence-corrected chi connectivity index (χ2v) is 8.41. The molecular formula is C26H26N4O3. The average molecular weight is 443 g/mol. The van der Waals surface area contributed by atoms with E-state index >= 15 is 0 Å². The summed E-state index contributed by atoms with van der Waals surface area (Å²) in [6, 6.07) is 20.4. The minimum Gasteiger partial charge on any atom is -0.462 e. The van der Waals surface area contributed by atoms with Gasteiger partial charge < -0.3 is 9.64 Å². The van der Waals surface area contributed by atoms with Crippen molar-refractivity contribution in [1.29, 1.82) is 0 Å². The molecule has 2 aliphatic rings. The van der Waals surface area contributed by atoms with Crippen molar-refractivity contribution < 1.29 is 14.3 Å². The molecule has 2 saturated heterocycles. The van der Waals surface area contributed by atoms with Crippen LogP contribution in [0.2, 0.25) is 0 Å². The monoisotopic (exact) mass is 442 g/mol. The SMILES string of the molecule is CCOC(=O)c1ccc(N2C(=O)C3NNC(c4ccc(C)cc4)C3C2c2ccccn2)cc1. The fourth-order valence-corrected chi connectivity index (χ4v) is 4.83. The van der Waals surface area contributed by atoms with Crippen LogP contribution in [0.25, 0.3) is 0 Å². The van der Waals surface area contributed by atoms with Crippen LogP contribution in [0.1, 0.15) is 46.2 Å². The molecule has 0 spiro atoms. The Bertz CT molecular complexity index is 1150. The quantitative estimate of drug-likeness (QED) is 0.589. The number of rotatable bonds is 5. The van der Waals surface area contributed by atoms with Gasteiger partial charge in [-0.05, 0) is 55.8 Å². The molecule has 5 rings (SSSR count). The lowest BCUT2D eigenvalue weighted by Crippen LogP contribution is -2.41. The first-order valence-corrected chi connectivity index (χ1v) is 11.2. The topological polar surface area (TPSA) is 83.6 Å². The molecule has 4 unspecified atom stereocenters. The number of fused-ring (bicyclic) bond motifs is 1. The van der Waals surface area contributed by atoms with E-state index in [1.807, 2.05) is 23.1 Å². The van der Waals surface area contributed by atoms with Gasteiger partial charge in [0.15, 0.2) is 0 Å². The van der Waals surface area contributed by atoms with Gasteiger partial charge in [-0.3, -0.25) is 9.78 Å². The second kappa shape index (κ2) is 8.77. The number of hydrogen-bond acceptors (Lipinski definition) is 6. The summed E-state index contributed by atoms with van der Waals surface area (Å²) >= 11 is 0. The van der Waals surface area contributed by atoms with Crippen LogP contribution in [-0.2, 0) is 9.53 Å². The molecule has 2 N–H and O–H groups in total. The van der Waals surface area contributed by atoms with Crippen LogP contribution in [0.3, 0.4) is 0 Å². The van der Waals surface area contributed by atoms with Crippen molar-refractivity contribution >= 4 is 17.6 Å². The van der Waals surface area contributed by atoms with Gasteiger partial charge in [-0.15, -0.1) is 0 Å². The van der Waals surface area contributed by atoms with Crippen LogP contribution in [0.5, 0.6) is 0 Å². The highest BCUT2D eigenvalue weighted by atomic mass is 16.5. The molecule has 2 aromatic carbocycles. The lowest BCUT2D eigenvalue weighted by atomic mass is 9.84. The summed E-state index contributed by atoms with van der Waals surface area (Å²) in [5, 5.41) is 0. The molecule has 3 aromatic rings. The summed E-state index contributed by atoms with van der Waals surface area (Å²) in [6.07, 6.45) is 1.76. The number of pyridine rings is 1. The highest BCUT2D eigenvalue weighted by Gasteiger charge is 2.56. The molecule has 0 radical (unpaired) electrons. The predicted octanol–water partition coefficient (Wildman–Crippen LogP) is 3.49. The molecule has 1 amide bonds. The molecule has 0 aliphatic carbocycles. The van der Waals surface area contributed by atoms with Crippen LogP contribution in [0.15, 0.2) is 72.9 Å². The molecule has 2 fully saturated rings. The van der Waals surface area contributed by atoms with E-state index in [4.69, 9.17) is 4.74 Å². The van der Waals surface area contributed by atoms with E-state index in [-0.39, 0.29) is 29.9 Å². The Morgan fingerprint density at radius 3 is 2.39 bits per heavy atom. The Kier molecular flexibility index (Phi) is 5.66. The van der Waals surface area contributed by atoms with Gasteiger partial charge >= 0.3 is 5.97 Å². The Morgan fingerprint density at radius 2 is 1.73 bits per heavy atom. The van der Waals surface area contributed by atoms with E-state index < -0.39 is 6.04 Å². The molecule has 7 heteroatoms. The number of carbonyl (C=O) groups is 2. The average Bonchev–Trinajstić information content (AvgIpc) is 3.39. The van der Waals surface area contributed by atoms with Gasteiger partial charge in [0, 0.05) is 17.8 Å². The number of esters is 1. The smallest absolute Gasteiger partial charge is 0.338 e. The number of hydrogen-bond donors (Lipinski definition) is 2. The fourth-order valence-electron chi connectivity index (χ4n) is 4.83. The largest absolute Gasteiger partial charge is 0.462 e. The van der Waals surface area contributed by atoms with Gasteiger partial charge in [-0.1, -0.05) is 35.9 Å². The first-order chi connectivity index (χ1) is 16.1. The molecule has 3 heterocycles. The van der Waals surface area contributed by atoms with Gasteiger partial charge in [0.2, 0.25) is 5.91 Å². The fraction of sp³-hybridized carbons (Fsp3) is 0.269. The third kappa shape index (κ3) is 3.79. The number of hydrazine groups is 1. The Balaban J connectivity index is 1.55. The van der Waals surface area contributed by atoms with Gasteiger partial charge in [-0.25, -0.2) is 15.6 Å². The van der Waals surface area contributed by atoms with E-state index in [0.29, 0.717) is 12.2 Å². The van der Waals surface area contributed by atoms with Gasteiger partial charge in [0.05, 0.1) is 29.9 Å². The molecule has 168 valence electrons. The summed E-state index contributed by atoms with van der Waals surface area (Å²) in [7, 11) is 0. The number of aromatic nitrogens is 1. The van der Waals surface area contributed by atoms with Crippen molar-refractivity contribution in [3.8, 4) is 0 Å². The number of aryl methyl sites for hydroxylation is 1. The van der Waals surface area contributed by atoms with Gasteiger partial charge in [0.1, 0.15) is 6.04 Å². The van der Waals surface area contributed by atoms with E-state index in [1.54, 1.807) is 37.4 Å². The predicted molar refractivity (Wildman–Crippen MR) is 124 cm³/mol. The zero-order valence-corrected chi connectivity index (χ0v) is 18.6. The van der Waals surface area contributed by atoms with E-state index in [2.05, 4.69) is 47.0 Å². The van der Waals surface area contributed by atoms with Crippen LogP contribution in [0.4, 0.5) is 5.69 Å². The maximum Gasteiger partial charge on any atom is 0.338 e. The van der Waals surface area contributed by atoms with Crippen LogP contribution < -0.4 is 15.8 Å². The molecule has 2 aliphatic heterocycles. The second-order valence-electron chi connectivity index (χ2n) is 8.41. The normalized spacial score (nSPS) is 24.1. The molecule has 0 saturated carbocycles. The molecule has 7 nitrogen and oxygen atoms in total. The summed E-state index contributed by atoms with van der Waals surface area (Å²) in [4.78, 5) is 32.1. The minimum absolute atomic E-state index is 0.0263. The van der Waals surface area contributed by atoms with Crippen molar-refractivity contribution in [1.82, 2.24) is 15.8 Å². The number of ether oxygens (including phenoxy) is 1. The lowest BCUT2D eigenvalue weighted by Gasteiger charge is -2.30. The van der Waals surface area contributed by atoms with Crippen LogP contribution in [-0.4, -0.2) is 29.5 Å². The highest BCUT2D eigenvalue weighted by Crippen LogP contribution is 2.48. The van der Waals surface area contributed by atoms with E-state index in [9.17, 15) is 9.59 Å². The molecule has 4 atom stereocenters. The number of carbonyl (C=O) groups excluding carboxylic acids is 2. The number of nitrogens with one attached hydrogen (secondary N) is 2. The van der Waals surface area contributed by atoms with Gasteiger partial charge in [-0.2, -0.15) is 0 Å². The molecular weight excluding hydrogens is 416 g/mol. The number of nitrogens with zero attached hydrogens (tertiary/aromatic N) is 2. The first-order valence-electron chi connectivity index (χ1n) is 11.2. The molecule has 1 aromatic heterocycles. The summed E-state index contributed by atoms with van der Waals surface area (Å²) in [5.41, 5.74) is 10.9. The standard InChI is InChI=1S/C26H26N4O3/c1-3-33-26(32)18-11-13-19(14-12-18)30-24(20-6-4-5-15-27-20)21-22(28-29-23(21)25(30)31)17-9-7-16(2)8-10-17/h4-15,21-24,28-29H,3H2,1-2H3. The third-order valence-electron chi connectivity index (χ3n) is 6.39. The van der Waals surface area contributed by atoms with Crippen LogP contribution in [0, 0.1) is 12.8 Å². The van der Waals surface area contributed by atoms with Crippen molar-refractivity contribution in [3.05, 3.63) is 95.3 Å². The number of anilines is 1. The van der Waals surface area contributed by atoms with Crippen molar-refractivity contribution in [2.75, 3.05) is 11.5 Å². The third-order valence-corrected chi connectivity index (χ3v) is 6.39. The zero-order chi connectivity index (χ0) is 22.9. The summed E-state index contributed by atoms with van der Waals surface area (Å²) < 4.78 is 5.09. The Morgan fingerprint density at radius 1 is 1.00 bits per heavy atom. The summed E-state index contributed by atoms with van der Waals surface area (Å²) in [6.45, 7) is 4.15. The Labute approximate surface area is 192 Å². The zero-order valence-electron chi connectivity index (χ0n) is 18.6. The van der Waals surface area contributed by atoms with Crippen molar-refractivity contribution in [2.45, 2.75) is 32.0 Å². The highest BCUT2D eigenvalue weighted by molar-refractivity contribution is 6.01. The Hall–Kier alpha value is -3.55. The molecule has 0 bridgehead atoms. The first kappa shape index (κ1) is 21.3. The van der Waals surface area contributed by atoms with E-state index in [0.717, 1.165) is 16.9 Å².